The molecule has 2 rings (SSSR count). The molecule has 0 fully saturated rings. The van der Waals surface area contributed by atoms with Crippen LogP contribution in [0.3, 0.4) is 0 Å². The van der Waals surface area contributed by atoms with Crippen molar-refractivity contribution in [3.05, 3.63) is 35.9 Å². The second kappa shape index (κ2) is 6.93. The predicted molar refractivity (Wildman–Crippen MR) is 74.8 cm³/mol. The van der Waals surface area contributed by atoms with E-state index in [1.54, 1.807) is 28.5 Å². The van der Waals surface area contributed by atoms with Crippen LogP contribution in [-0.4, -0.2) is 31.4 Å². The summed E-state index contributed by atoms with van der Waals surface area (Å²) in [4.78, 5) is 0.664. The number of thioether (sulfide) groups is 2. The van der Waals surface area contributed by atoms with Gasteiger partial charge in [0, 0.05) is 23.4 Å². The molecular formula is C12H14FN3OS2. The summed E-state index contributed by atoms with van der Waals surface area (Å²) in [6.07, 6.45) is 0. The van der Waals surface area contributed by atoms with E-state index in [1.807, 2.05) is 13.1 Å². The number of nitrogens with zero attached hydrogens (tertiary/aromatic N) is 3. The number of hydrogen-bond donors (Lipinski definition) is 1. The normalized spacial score (nSPS) is 10.9. The van der Waals surface area contributed by atoms with Gasteiger partial charge in [-0.1, -0.05) is 23.9 Å². The summed E-state index contributed by atoms with van der Waals surface area (Å²) in [6.45, 7) is -0.117. The van der Waals surface area contributed by atoms with Gasteiger partial charge in [-0.2, -0.15) is 0 Å². The Hall–Kier alpha value is -1.05. The van der Waals surface area contributed by atoms with Crippen molar-refractivity contribution < 1.29 is 9.50 Å². The number of hydrogen-bond acceptors (Lipinski definition) is 5. The van der Waals surface area contributed by atoms with Crippen LogP contribution in [0.2, 0.25) is 0 Å². The Morgan fingerprint density at radius 2 is 1.95 bits per heavy atom. The van der Waals surface area contributed by atoms with Crippen LogP contribution in [0.15, 0.2) is 34.3 Å². The maximum Gasteiger partial charge on any atom is 0.191 e. The fraction of sp³-hybridized carbons (Fsp3) is 0.333. The molecule has 2 aromatic rings. The van der Waals surface area contributed by atoms with Crippen molar-refractivity contribution in [1.29, 1.82) is 0 Å². The third-order valence-corrected chi connectivity index (χ3v) is 4.81. The first-order valence-electron chi connectivity index (χ1n) is 5.71. The summed E-state index contributed by atoms with van der Waals surface area (Å²) in [5.74, 6) is 1.95. The molecule has 1 N–H and O–H groups in total. The van der Waals surface area contributed by atoms with Gasteiger partial charge in [-0.15, -0.1) is 22.0 Å². The highest BCUT2D eigenvalue weighted by Crippen LogP contribution is 2.24. The van der Waals surface area contributed by atoms with Crippen LogP contribution >= 0.6 is 23.5 Å². The SMILES string of the molecule is Cn1c(CO)nnc1SCCSc1ccccc1F. The van der Waals surface area contributed by atoms with Gasteiger partial charge in [0.05, 0.1) is 0 Å². The molecule has 0 atom stereocenters. The van der Waals surface area contributed by atoms with E-state index in [0.29, 0.717) is 10.7 Å². The van der Waals surface area contributed by atoms with Gasteiger partial charge in [0.1, 0.15) is 12.4 Å². The highest BCUT2D eigenvalue weighted by molar-refractivity contribution is 8.02. The zero-order valence-electron chi connectivity index (χ0n) is 10.4. The molecule has 0 aliphatic rings. The van der Waals surface area contributed by atoms with Crippen LogP contribution in [0.5, 0.6) is 0 Å². The molecule has 0 bridgehead atoms. The second-order valence-electron chi connectivity index (χ2n) is 3.74. The molecule has 1 aromatic heterocycles. The maximum atomic E-state index is 13.4. The number of aromatic nitrogens is 3. The molecule has 0 saturated carbocycles. The summed E-state index contributed by atoms with van der Waals surface area (Å²) in [5.41, 5.74) is 0. The van der Waals surface area contributed by atoms with Crippen LogP contribution in [0.25, 0.3) is 0 Å². The topological polar surface area (TPSA) is 50.9 Å². The zero-order valence-corrected chi connectivity index (χ0v) is 12.0. The molecule has 0 amide bonds. The molecule has 4 nitrogen and oxygen atoms in total. The minimum Gasteiger partial charge on any atom is -0.388 e. The van der Waals surface area contributed by atoms with Gasteiger partial charge in [0.2, 0.25) is 0 Å². The fourth-order valence-electron chi connectivity index (χ4n) is 1.45. The average Bonchev–Trinajstić information content (AvgIpc) is 2.77. The van der Waals surface area contributed by atoms with Crippen LogP contribution in [0.4, 0.5) is 4.39 Å². The average molecular weight is 299 g/mol. The van der Waals surface area contributed by atoms with Crippen molar-refractivity contribution in [1.82, 2.24) is 14.8 Å². The van der Waals surface area contributed by atoms with Crippen LogP contribution in [0.1, 0.15) is 5.82 Å². The minimum absolute atomic E-state index is 0.117. The molecule has 0 saturated heterocycles. The van der Waals surface area contributed by atoms with E-state index < -0.39 is 0 Å². The lowest BCUT2D eigenvalue weighted by molar-refractivity contribution is 0.266. The van der Waals surface area contributed by atoms with Gasteiger partial charge < -0.3 is 9.67 Å². The van der Waals surface area contributed by atoms with Gasteiger partial charge in [-0.3, -0.25) is 0 Å². The molecule has 1 heterocycles. The highest BCUT2D eigenvalue weighted by Gasteiger charge is 2.08. The number of halogens is 1. The van der Waals surface area contributed by atoms with E-state index in [2.05, 4.69) is 10.2 Å². The molecule has 0 aliphatic heterocycles. The lowest BCUT2D eigenvalue weighted by Crippen LogP contribution is -1.99. The molecular weight excluding hydrogens is 285 g/mol. The molecule has 0 spiro atoms. The number of rotatable bonds is 6. The van der Waals surface area contributed by atoms with E-state index >= 15 is 0 Å². The lowest BCUT2D eigenvalue weighted by atomic mass is 10.3. The van der Waals surface area contributed by atoms with E-state index in [0.717, 1.165) is 16.7 Å². The van der Waals surface area contributed by atoms with Crippen molar-refractivity contribution in [3.8, 4) is 0 Å². The molecule has 0 unspecified atom stereocenters. The van der Waals surface area contributed by atoms with Crippen molar-refractivity contribution in [2.24, 2.45) is 7.05 Å². The molecule has 1 aromatic carbocycles. The van der Waals surface area contributed by atoms with E-state index in [-0.39, 0.29) is 12.4 Å². The van der Waals surface area contributed by atoms with Gasteiger partial charge in [-0.05, 0) is 12.1 Å². The van der Waals surface area contributed by atoms with Crippen molar-refractivity contribution in [2.75, 3.05) is 11.5 Å². The van der Waals surface area contributed by atoms with Crippen molar-refractivity contribution in [3.63, 3.8) is 0 Å². The first kappa shape index (κ1) is 14.4. The van der Waals surface area contributed by atoms with E-state index in [1.165, 1.54) is 17.8 Å². The Balaban J connectivity index is 1.81. The number of aliphatic hydroxyl groups is 1. The third-order valence-electron chi connectivity index (χ3n) is 2.48. The Morgan fingerprint density at radius 1 is 1.21 bits per heavy atom. The van der Waals surface area contributed by atoms with Crippen molar-refractivity contribution >= 4 is 23.5 Å². The summed E-state index contributed by atoms with van der Waals surface area (Å²) < 4.78 is 15.1. The Kier molecular flexibility index (Phi) is 5.24. The van der Waals surface area contributed by atoms with Crippen LogP contribution in [-0.2, 0) is 13.7 Å². The van der Waals surface area contributed by atoms with Gasteiger partial charge in [0.25, 0.3) is 0 Å². The molecule has 0 aliphatic carbocycles. The van der Waals surface area contributed by atoms with Gasteiger partial charge >= 0.3 is 0 Å². The summed E-state index contributed by atoms with van der Waals surface area (Å²) in [6, 6.07) is 6.75. The third kappa shape index (κ3) is 3.71. The van der Waals surface area contributed by atoms with Crippen LogP contribution < -0.4 is 0 Å². The second-order valence-corrected chi connectivity index (χ2v) is 5.94. The fourth-order valence-corrected chi connectivity index (χ4v) is 3.30. The summed E-state index contributed by atoms with van der Waals surface area (Å²) in [5, 5.41) is 17.6. The monoisotopic (exact) mass is 299 g/mol. The number of aliphatic hydroxyl groups excluding tert-OH is 1. The highest BCUT2D eigenvalue weighted by atomic mass is 32.2. The van der Waals surface area contributed by atoms with Crippen molar-refractivity contribution in [2.45, 2.75) is 16.7 Å². The molecule has 102 valence electrons. The Labute approximate surface area is 119 Å². The van der Waals surface area contributed by atoms with E-state index in [4.69, 9.17) is 5.11 Å². The maximum absolute atomic E-state index is 13.4. The smallest absolute Gasteiger partial charge is 0.191 e. The predicted octanol–water partition coefficient (Wildman–Crippen LogP) is 2.33. The lowest BCUT2D eigenvalue weighted by Gasteiger charge is -2.03. The van der Waals surface area contributed by atoms with E-state index in [9.17, 15) is 4.39 Å². The number of benzene rings is 1. The Bertz CT molecular complexity index is 548. The molecule has 19 heavy (non-hydrogen) atoms. The minimum atomic E-state index is -0.182. The van der Waals surface area contributed by atoms with Gasteiger partial charge in [0.15, 0.2) is 11.0 Å². The standard InChI is InChI=1S/C12H14FN3OS2/c1-16-11(8-17)14-15-12(16)19-7-6-18-10-5-3-2-4-9(10)13/h2-5,17H,6-8H2,1H3. The van der Waals surface area contributed by atoms with Crippen LogP contribution in [0, 0.1) is 5.82 Å². The molecule has 0 radical (unpaired) electrons. The first-order chi connectivity index (χ1) is 9.22. The first-order valence-corrected chi connectivity index (χ1v) is 7.68. The summed E-state index contributed by atoms with van der Waals surface area (Å²) >= 11 is 3.03. The molecule has 7 heteroatoms. The Morgan fingerprint density at radius 3 is 2.63 bits per heavy atom. The van der Waals surface area contributed by atoms with Gasteiger partial charge in [-0.25, -0.2) is 4.39 Å². The quantitative estimate of drug-likeness (QED) is 0.655. The zero-order chi connectivity index (χ0) is 13.7. The largest absolute Gasteiger partial charge is 0.388 e. The summed E-state index contributed by atoms with van der Waals surface area (Å²) in [7, 11) is 1.82.